The minimum Gasteiger partial charge on any atom is -0.395 e. The summed E-state index contributed by atoms with van der Waals surface area (Å²) in [6.07, 6.45) is 2.36. The van der Waals surface area contributed by atoms with E-state index in [1.807, 2.05) is 6.92 Å². The highest BCUT2D eigenvalue weighted by Crippen LogP contribution is 2.28. The fourth-order valence-electron chi connectivity index (χ4n) is 2.10. The average Bonchev–Trinajstić information content (AvgIpc) is 3.26. The molecule has 0 spiro atoms. The molecular weight excluding hydrogens is 257 g/mol. The van der Waals surface area contributed by atoms with Crippen molar-refractivity contribution in [3.63, 3.8) is 0 Å². The first kappa shape index (κ1) is 14.5. The largest absolute Gasteiger partial charge is 0.395 e. The minimum absolute atomic E-state index is 0.00866. The molecular formula is C16H18FNO2. The van der Waals surface area contributed by atoms with Crippen LogP contribution in [0.15, 0.2) is 18.2 Å². The number of hydrogen-bond acceptors (Lipinski definition) is 2. The van der Waals surface area contributed by atoms with Crippen molar-refractivity contribution in [2.75, 3.05) is 13.2 Å². The molecule has 0 saturated heterocycles. The smallest absolute Gasteiger partial charge is 0.257 e. The number of carbonyl (C=O) groups is 1. The molecule has 1 aromatic carbocycles. The maximum Gasteiger partial charge on any atom is 0.257 e. The second-order valence-corrected chi connectivity index (χ2v) is 4.79. The van der Waals surface area contributed by atoms with Gasteiger partial charge in [-0.15, -0.1) is 0 Å². The zero-order valence-electron chi connectivity index (χ0n) is 11.5. The summed E-state index contributed by atoms with van der Waals surface area (Å²) < 4.78 is 13.9. The van der Waals surface area contributed by atoms with Crippen molar-refractivity contribution in [3.8, 4) is 11.8 Å². The molecule has 0 atom stereocenters. The molecule has 0 aromatic heterocycles. The Kier molecular flexibility index (Phi) is 4.75. The van der Waals surface area contributed by atoms with Gasteiger partial charge < -0.3 is 10.0 Å². The predicted molar refractivity (Wildman–Crippen MR) is 74.7 cm³/mol. The second kappa shape index (κ2) is 6.53. The number of halogens is 1. The maximum atomic E-state index is 13.9. The van der Waals surface area contributed by atoms with Crippen LogP contribution in [0.25, 0.3) is 0 Å². The molecule has 0 radical (unpaired) electrons. The van der Waals surface area contributed by atoms with Crippen molar-refractivity contribution in [2.45, 2.75) is 32.2 Å². The van der Waals surface area contributed by atoms with Crippen molar-refractivity contribution in [2.24, 2.45) is 0 Å². The molecule has 0 unspecified atom stereocenters. The first-order valence-electron chi connectivity index (χ1n) is 6.87. The molecule has 1 N–H and O–H groups in total. The van der Waals surface area contributed by atoms with E-state index >= 15 is 0 Å². The molecule has 1 fully saturated rings. The Labute approximate surface area is 118 Å². The highest BCUT2D eigenvalue weighted by Gasteiger charge is 2.32. The zero-order chi connectivity index (χ0) is 14.5. The van der Waals surface area contributed by atoms with E-state index < -0.39 is 5.82 Å². The Hall–Kier alpha value is -1.86. The lowest BCUT2D eigenvalue weighted by Crippen LogP contribution is -2.33. The number of aliphatic hydroxyl groups is 1. The van der Waals surface area contributed by atoms with Crippen molar-refractivity contribution >= 4 is 5.91 Å². The van der Waals surface area contributed by atoms with Crippen molar-refractivity contribution in [3.05, 3.63) is 35.1 Å². The lowest BCUT2D eigenvalue weighted by atomic mass is 10.1. The predicted octanol–water partition coefficient (Wildman–Crippen LogP) is 2.18. The lowest BCUT2D eigenvalue weighted by Gasteiger charge is -2.20. The lowest BCUT2D eigenvalue weighted by molar-refractivity contribution is 0.0748. The van der Waals surface area contributed by atoms with Gasteiger partial charge in [0.05, 0.1) is 12.2 Å². The molecule has 0 heterocycles. The van der Waals surface area contributed by atoms with Gasteiger partial charge in [-0.2, -0.15) is 0 Å². The van der Waals surface area contributed by atoms with Crippen LogP contribution in [-0.4, -0.2) is 35.1 Å². The van der Waals surface area contributed by atoms with Gasteiger partial charge in [0, 0.05) is 24.6 Å². The number of hydrogen-bond donors (Lipinski definition) is 1. The fraction of sp³-hybridized carbons (Fsp3) is 0.438. The summed E-state index contributed by atoms with van der Waals surface area (Å²) in [5.41, 5.74) is 0.671. The second-order valence-electron chi connectivity index (χ2n) is 4.79. The first-order chi connectivity index (χ1) is 9.67. The SMILES string of the molecule is CCN(C(=O)c1cc(C#CCCO)ccc1F)C1CC1. The zero-order valence-corrected chi connectivity index (χ0v) is 11.5. The van der Waals surface area contributed by atoms with Crippen LogP contribution in [0.4, 0.5) is 4.39 Å². The number of rotatable bonds is 4. The van der Waals surface area contributed by atoms with Gasteiger partial charge >= 0.3 is 0 Å². The van der Waals surface area contributed by atoms with Crippen LogP contribution in [0.2, 0.25) is 0 Å². The van der Waals surface area contributed by atoms with E-state index in [1.54, 1.807) is 11.0 Å². The first-order valence-corrected chi connectivity index (χ1v) is 6.87. The third kappa shape index (κ3) is 3.37. The molecule has 20 heavy (non-hydrogen) atoms. The highest BCUT2D eigenvalue weighted by atomic mass is 19.1. The highest BCUT2D eigenvalue weighted by molar-refractivity contribution is 5.95. The Bertz CT molecular complexity index is 555. The van der Waals surface area contributed by atoms with Crippen molar-refractivity contribution < 1.29 is 14.3 Å². The van der Waals surface area contributed by atoms with Crippen molar-refractivity contribution in [1.82, 2.24) is 4.90 Å². The Morgan fingerprint density at radius 2 is 2.25 bits per heavy atom. The van der Waals surface area contributed by atoms with Crippen LogP contribution >= 0.6 is 0 Å². The number of aliphatic hydroxyl groups excluding tert-OH is 1. The van der Waals surface area contributed by atoms with E-state index in [9.17, 15) is 9.18 Å². The van der Waals surface area contributed by atoms with E-state index in [1.165, 1.54) is 12.1 Å². The van der Waals surface area contributed by atoms with Crippen LogP contribution in [0.5, 0.6) is 0 Å². The summed E-state index contributed by atoms with van der Waals surface area (Å²) in [7, 11) is 0. The van der Waals surface area contributed by atoms with Gasteiger partial charge in [0.2, 0.25) is 0 Å². The van der Waals surface area contributed by atoms with Crippen LogP contribution in [0.1, 0.15) is 42.1 Å². The Morgan fingerprint density at radius 3 is 2.85 bits per heavy atom. The molecule has 0 bridgehead atoms. The van der Waals surface area contributed by atoms with Gasteiger partial charge in [0.25, 0.3) is 5.91 Å². The topological polar surface area (TPSA) is 40.5 Å². The van der Waals surface area contributed by atoms with Gasteiger partial charge in [-0.25, -0.2) is 4.39 Å². The normalized spacial score (nSPS) is 13.6. The van der Waals surface area contributed by atoms with E-state index in [0.717, 1.165) is 12.8 Å². The Morgan fingerprint density at radius 1 is 1.50 bits per heavy atom. The van der Waals surface area contributed by atoms with Gasteiger partial charge in [-0.05, 0) is 38.0 Å². The standard InChI is InChI=1S/C16H18FNO2/c1-2-18(13-7-8-13)16(20)14-11-12(5-3-4-10-19)6-9-15(14)17/h6,9,11,13,19H,2,4,7-8,10H2,1H3. The average molecular weight is 275 g/mol. The summed E-state index contributed by atoms with van der Waals surface area (Å²) in [5, 5.41) is 8.68. The van der Waals surface area contributed by atoms with Gasteiger partial charge in [0.1, 0.15) is 5.82 Å². The minimum atomic E-state index is -0.512. The molecule has 0 aliphatic heterocycles. The van der Waals surface area contributed by atoms with Crippen LogP contribution < -0.4 is 0 Å². The summed E-state index contributed by atoms with van der Waals surface area (Å²) in [5.74, 6) is 4.81. The van der Waals surface area contributed by atoms with E-state index in [2.05, 4.69) is 11.8 Å². The number of benzene rings is 1. The van der Waals surface area contributed by atoms with Crippen LogP contribution in [0, 0.1) is 17.7 Å². The quantitative estimate of drug-likeness (QED) is 0.856. The molecule has 4 heteroatoms. The molecule has 1 amide bonds. The number of carbonyl (C=O) groups excluding carboxylic acids is 1. The molecule has 106 valence electrons. The number of nitrogens with zero attached hydrogens (tertiary/aromatic N) is 1. The summed E-state index contributed by atoms with van der Waals surface area (Å²) in [6.45, 7) is 2.48. The van der Waals surface area contributed by atoms with E-state index in [-0.39, 0.29) is 24.1 Å². The molecule has 1 saturated carbocycles. The van der Waals surface area contributed by atoms with Gasteiger partial charge in [0.15, 0.2) is 0 Å². The van der Waals surface area contributed by atoms with Crippen LogP contribution in [0.3, 0.4) is 0 Å². The third-order valence-electron chi connectivity index (χ3n) is 3.26. The summed E-state index contributed by atoms with van der Waals surface area (Å²) in [6, 6.07) is 4.57. The third-order valence-corrected chi connectivity index (χ3v) is 3.26. The molecule has 1 aliphatic carbocycles. The fourth-order valence-corrected chi connectivity index (χ4v) is 2.10. The number of amides is 1. The molecule has 1 aliphatic rings. The summed E-state index contributed by atoms with van der Waals surface area (Å²) in [4.78, 5) is 14.1. The monoisotopic (exact) mass is 275 g/mol. The van der Waals surface area contributed by atoms with E-state index in [0.29, 0.717) is 18.5 Å². The Balaban J connectivity index is 2.24. The van der Waals surface area contributed by atoms with Crippen molar-refractivity contribution in [1.29, 1.82) is 0 Å². The molecule has 2 rings (SSSR count). The van der Waals surface area contributed by atoms with E-state index in [4.69, 9.17) is 5.11 Å². The summed E-state index contributed by atoms with van der Waals surface area (Å²) >= 11 is 0. The van der Waals surface area contributed by atoms with Gasteiger partial charge in [-0.1, -0.05) is 11.8 Å². The van der Waals surface area contributed by atoms with Crippen LogP contribution in [-0.2, 0) is 0 Å². The maximum absolute atomic E-state index is 13.9. The van der Waals surface area contributed by atoms with Gasteiger partial charge in [-0.3, -0.25) is 4.79 Å². The molecule has 3 nitrogen and oxygen atoms in total. The molecule has 1 aromatic rings.